The van der Waals surface area contributed by atoms with Gasteiger partial charge in [0.25, 0.3) is 0 Å². The van der Waals surface area contributed by atoms with E-state index in [1.54, 1.807) is 0 Å². The highest BCUT2D eigenvalue weighted by Crippen LogP contribution is 2.14. The predicted octanol–water partition coefficient (Wildman–Crippen LogP) is 17.0. The molecule has 1 atom stereocenters. The average molecular weight is 865 g/mol. The highest BCUT2D eigenvalue weighted by Gasteiger charge is 2.19. The molecule has 0 saturated carbocycles. The molecule has 0 aliphatic rings. The zero-order chi connectivity index (χ0) is 45.1. The Bertz CT molecular complexity index is 1180. The lowest BCUT2D eigenvalue weighted by Crippen LogP contribution is -2.30. The van der Waals surface area contributed by atoms with Gasteiger partial charge >= 0.3 is 17.9 Å². The van der Waals surface area contributed by atoms with Gasteiger partial charge in [-0.1, -0.05) is 209 Å². The van der Waals surface area contributed by atoms with Gasteiger partial charge in [0.05, 0.1) is 0 Å². The second-order valence-electron chi connectivity index (χ2n) is 17.1. The van der Waals surface area contributed by atoms with Crippen LogP contribution in [0.3, 0.4) is 0 Å². The molecule has 0 aliphatic heterocycles. The molecule has 0 N–H and O–H groups in total. The predicted molar refractivity (Wildman–Crippen MR) is 265 cm³/mol. The topological polar surface area (TPSA) is 78.9 Å². The summed E-state index contributed by atoms with van der Waals surface area (Å²) in [4.78, 5) is 37.9. The summed E-state index contributed by atoms with van der Waals surface area (Å²) in [5.74, 6) is -0.913. The fourth-order valence-electron chi connectivity index (χ4n) is 7.05. The van der Waals surface area contributed by atoms with E-state index in [-0.39, 0.29) is 31.1 Å². The smallest absolute Gasteiger partial charge is 0.306 e. The third kappa shape index (κ3) is 47.9. The second kappa shape index (κ2) is 50.5. The summed E-state index contributed by atoms with van der Waals surface area (Å²) in [6.07, 6.45) is 63.1. The molecule has 0 rings (SSSR count). The first kappa shape index (κ1) is 58.9. The summed E-state index contributed by atoms with van der Waals surface area (Å²) in [6.45, 7) is 6.46. The van der Waals surface area contributed by atoms with Crippen molar-refractivity contribution in [1.82, 2.24) is 0 Å². The Morgan fingerprint density at radius 2 is 0.629 bits per heavy atom. The number of hydrogen-bond donors (Lipinski definition) is 0. The molecule has 356 valence electrons. The van der Waals surface area contributed by atoms with E-state index in [1.807, 2.05) is 0 Å². The fourth-order valence-corrected chi connectivity index (χ4v) is 7.05. The van der Waals surface area contributed by atoms with E-state index in [0.29, 0.717) is 19.3 Å². The maximum Gasteiger partial charge on any atom is 0.306 e. The number of allylic oxidation sites excluding steroid dienone is 12. The second-order valence-corrected chi connectivity index (χ2v) is 17.1. The summed E-state index contributed by atoms with van der Waals surface area (Å²) in [7, 11) is 0. The lowest BCUT2D eigenvalue weighted by atomic mass is 10.1. The highest BCUT2D eigenvalue weighted by molar-refractivity contribution is 5.71. The lowest BCUT2D eigenvalue weighted by Gasteiger charge is -2.18. The molecule has 0 aromatic heterocycles. The van der Waals surface area contributed by atoms with Crippen LogP contribution in [0.15, 0.2) is 72.9 Å². The first-order valence-electron chi connectivity index (χ1n) is 25.9. The largest absolute Gasteiger partial charge is 0.462 e. The van der Waals surface area contributed by atoms with Gasteiger partial charge in [-0.3, -0.25) is 14.4 Å². The Morgan fingerprint density at radius 3 is 1.02 bits per heavy atom. The summed E-state index contributed by atoms with van der Waals surface area (Å²) >= 11 is 0. The van der Waals surface area contributed by atoms with E-state index < -0.39 is 6.10 Å². The Kier molecular flexibility index (Phi) is 47.9. The van der Waals surface area contributed by atoms with E-state index >= 15 is 0 Å². The van der Waals surface area contributed by atoms with Crippen LogP contribution in [0.4, 0.5) is 0 Å². The number of ether oxygens (including phenoxy) is 3. The molecule has 0 radical (unpaired) electrons. The first-order valence-corrected chi connectivity index (χ1v) is 25.9. The third-order valence-corrected chi connectivity index (χ3v) is 10.9. The Balaban J connectivity index is 4.38. The minimum Gasteiger partial charge on any atom is -0.462 e. The van der Waals surface area contributed by atoms with Gasteiger partial charge in [-0.05, 0) is 89.9 Å². The molecule has 0 fully saturated rings. The Labute approximate surface area is 382 Å². The van der Waals surface area contributed by atoms with Crippen LogP contribution in [0.2, 0.25) is 0 Å². The summed E-state index contributed by atoms with van der Waals surface area (Å²) in [5, 5.41) is 0. The molecule has 0 aromatic carbocycles. The molecule has 0 amide bonds. The van der Waals surface area contributed by atoms with Crippen molar-refractivity contribution in [2.24, 2.45) is 0 Å². The van der Waals surface area contributed by atoms with Gasteiger partial charge < -0.3 is 14.2 Å². The maximum atomic E-state index is 12.8. The van der Waals surface area contributed by atoms with Crippen molar-refractivity contribution in [2.45, 2.75) is 252 Å². The third-order valence-electron chi connectivity index (χ3n) is 10.9. The van der Waals surface area contributed by atoms with Gasteiger partial charge in [-0.25, -0.2) is 0 Å². The van der Waals surface area contributed by atoms with Crippen molar-refractivity contribution in [3.05, 3.63) is 72.9 Å². The molecule has 6 heteroatoms. The molecular weight excluding hydrogens is 769 g/mol. The molecule has 0 heterocycles. The molecular formula is C56H96O6. The molecule has 1 unspecified atom stereocenters. The van der Waals surface area contributed by atoms with Crippen LogP contribution in [0.25, 0.3) is 0 Å². The fraction of sp³-hybridized carbons (Fsp3) is 0.732. The Morgan fingerprint density at radius 1 is 0.339 bits per heavy atom. The number of rotatable bonds is 46. The highest BCUT2D eigenvalue weighted by atomic mass is 16.6. The SMILES string of the molecule is CC/C=C\C/C=C\C/C=C\C/C=C\CCCCCCCCC(=O)OCC(COC(=O)CCCCCCCCCCCC)OC(=O)CCCCCCC/C=C\C/C=C\CCCCC. The first-order chi connectivity index (χ1) is 30.5. The normalized spacial score (nSPS) is 12.6. The monoisotopic (exact) mass is 865 g/mol. The van der Waals surface area contributed by atoms with Crippen molar-refractivity contribution in [2.75, 3.05) is 13.2 Å². The van der Waals surface area contributed by atoms with Gasteiger partial charge in [0, 0.05) is 19.3 Å². The van der Waals surface area contributed by atoms with E-state index in [4.69, 9.17) is 14.2 Å². The van der Waals surface area contributed by atoms with E-state index in [2.05, 4.69) is 93.7 Å². The van der Waals surface area contributed by atoms with Gasteiger partial charge in [0.1, 0.15) is 13.2 Å². The van der Waals surface area contributed by atoms with Crippen molar-refractivity contribution in [3.8, 4) is 0 Å². The Hall–Kier alpha value is -3.15. The van der Waals surface area contributed by atoms with E-state index in [9.17, 15) is 14.4 Å². The minimum atomic E-state index is -0.786. The molecule has 0 spiro atoms. The zero-order valence-electron chi connectivity index (χ0n) is 40.6. The van der Waals surface area contributed by atoms with Crippen molar-refractivity contribution < 1.29 is 28.6 Å². The molecule has 0 bridgehead atoms. The van der Waals surface area contributed by atoms with Crippen molar-refractivity contribution >= 4 is 17.9 Å². The molecule has 0 saturated heterocycles. The van der Waals surface area contributed by atoms with Crippen molar-refractivity contribution in [1.29, 1.82) is 0 Å². The molecule has 6 nitrogen and oxygen atoms in total. The van der Waals surface area contributed by atoms with Gasteiger partial charge in [0.2, 0.25) is 0 Å². The molecule has 0 aromatic rings. The standard InChI is InChI=1S/C56H96O6/c1-4-7-10-13-16-19-22-24-26-27-28-29-31-32-34-37-40-43-46-49-55(58)61-52-53(51-60-54(57)48-45-42-39-36-21-18-15-12-9-6-3)62-56(59)50-47-44-41-38-35-33-30-25-23-20-17-14-11-8-5-2/h7,10,16-17,19-20,24-26,28-30,53H,4-6,8-9,11-15,18,21-23,27,31-52H2,1-3H3/b10-7-,19-16-,20-17-,26-24-,29-28-,30-25-. The summed E-state index contributed by atoms with van der Waals surface area (Å²) < 4.78 is 16.8. The van der Waals surface area contributed by atoms with Gasteiger partial charge in [0.15, 0.2) is 6.10 Å². The molecule has 62 heavy (non-hydrogen) atoms. The quantitative estimate of drug-likeness (QED) is 0.0262. The lowest BCUT2D eigenvalue weighted by molar-refractivity contribution is -0.167. The number of carbonyl (C=O) groups excluding carboxylic acids is 3. The zero-order valence-corrected chi connectivity index (χ0v) is 40.6. The number of hydrogen-bond acceptors (Lipinski definition) is 6. The van der Waals surface area contributed by atoms with Crippen LogP contribution in [-0.2, 0) is 28.6 Å². The minimum absolute atomic E-state index is 0.0846. The van der Waals surface area contributed by atoms with Crippen LogP contribution in [-0.4, -0.2) is 37.2 Å². The van der Waals surface area contributed by atoms with Gasteiger partial charge in [-0.15, -0.1) is 0 Å². The van der Waals surface area contributed by atoms with E-state index in [0.717, 1.165) is 116 Å². The summed E-state index contributed by atoms with van der Waals surface area (Å²) in [6, 6.07) is 0. The van der Waals surface area contributed by atoms with Gasteiger partial charge in [-0.2, -0.15) is 0 Å². The summed E-state index contributed by atoms with van der Waals surface area (Å²) in [5.41, 5.74) is 0. The van der Waals surface area contributed by atoms with Crippen LogP contribution >= 0.6 is 0 Å². The van der Waals surface area contributed by atoms with Crippen LogP contribution in [0, 0.1) is 0 Å². The number of carbonyl (C=O) groups is 3. The van der Waals surface area contributed by atoms with Crippen LogP contribution in [0.1, 0.15) is 245 Å². The van der Waals surface area contributed by atoms with Crippen molar-refractivity contribution in [3.63, 3.8) is 0 Å². The number of esters is 3. The number of unbranched alkanes of at least 4 members (excludes halogenated alkanes) is 23. The van der Waals surface area contributed by atoms with Crippen LogP contribution < -0.4 is 0 Å². The average Bonchev–Trinajstić information content (AvgIpc) is 3.27. The van der Waals surface area contributed by atoms with E-state index in [1.165, 1.54) is 89.9 Å². The maximum absolute atomic E-state index is 12.8. The molecule has 0 aliphatic carbocycles. The van der Waals surface area contributed by atoms with Crippen LogP contribution in [0.5, 0.6) is 0 Å².